The Bertz CT molecular complexity index is 1480. The van der Waals surface area contributed by atoms with Crippen molar-refractivity contribution in [3.8, 4) is 11.1 Å². The molecule has 1 amide bonds. The maximum absolute atomic E-state index is 12.9. The van der Waals surface area contributed by atoms with Gasteiger partial charge in [0.1, 0.15) is 35.2 Å². The first-order valence-electron chi connectivity index (χ1n) is 9.97. The Morgan fingerprint density at radius 2 is 1.97 bits per heavy atom. The molecule has 6 nitrogen and oxygen atoms in total. The summed E-state index contributed by atoms with van der Waals surface area (Å²) in [5.41, 5.74) is 4.74. The highest BCUT2D eigenvalue weighted by atomic mass is 127. The van der Waals surface area contributed by atoms with E-state index in [4.69, 9.17) is 14.1 Å². The van der Waals surface area contributed by atoms with Crippen LogP contribution >= 0.6 is 46.8 Å². The smallest absolute Gasteiger partial charge is 0.253 e. The van der Waals surface area contributed by atoms with Crippen LogP contribution in [0.1, 0.15) is 15.9 Å². The molecule has 164 valence electrons. The summed E-state index contributed by atoms with van der Waals surface area (Å²) in [5.74, 6) is -0.189. The minimum absolute atomic E-state index is 0.189. The summed E-state index contributed by atoms with van der Waals surface area (Å²) in [5, 5.41) is 5.28. The largest absolute Gasteiger partial charge is 0.348 e. The van der Waals surface area contributed by atoms with Crippen LogP contribution in [0.15, 0.2) is 79.3 Å². The molecule has 0 aliphatic heterocycles. The second kappa shape index (κ2) is 9.68. The lowest BCUT2D eigenvalue weighted by Crippen LogP contribution is -2.22. The van der Waals surface area contributed by atoms with Gasteiger partial charge in [0, 0.05) is 41.5 Å². The van der Waals surface area contributed by atoms with Crippen LogP contribution < -0.4 is 5.32 Å². The maximum Gasteiger partial charge on any atom is 0.253 e. The third kappa shape index (κ3) is 4.56. The van der Waals surface area contributed by atoms with Crippen LogP contribution in [-0.4, -0.2) is 19.8 Å². The zero-order valence-corrected chi connectivity index (χ0v) is 20.8. The van der Waals surface area contributed by atoms with Gasteiger partial charge in [-0.05, 0) is 35.4 Å². The van der Waals surface area contributed by atoms with Gasteiger partial charge in [-0.2, -0.15) is 0 Å². The van der Waals surface area contributed by atoms with E-state index in [0.29, 0.717) is 22.8 Å². The van der Waals surface area contributed by atoms with Crippen molar-refractivity contribution in [2.24, 2.45) is 0 Å². The molecule has 3 heterocycles. The number of halogens is 2. The molecule has 33 heavy (non-hydrogen) atoms. The highest BCUT2D eigenvalue weighted by Crippen LogP contribution is 2.36. The fourth-order valence-electron chi connectivity index (χ4n) is 3.70. The molecule has 5 rings (SSSR count). The lowest BCUT2D eigenvalue weighted by atomic mass is 10.0. The number of carbonyl (C=O) groups excluding carboxylic acids is 1. The Hall–Kier alpha value is -2.66. The number of pyridine rings is 2. The summed E-state index contributed by atoms with van der Waals surface area (Å²) >= 11 is 9.50. The Kier molecular flexibility index (Phi) is 6.50. The molecule has 0 aliphatic carbocycles. The Balaban J connectivity index is 1.56. The quantitative estimate of drug-likeness (QED) is 0.179. The summed E-state index contributed by atoms with van der Waals surface area (Å²) in [7, 11) is 0. The van der Waals surface area contributed by atoms with Crippen LogP contribution in [0.25, 0.3) is 33.1 Å². The van der Waals surface area contributed by atoms with E-state index in [1.165, 1.54) is 0 Å². The number of nitrogens with zero attached hydrogens (tertiary/aromatic N) is 3. The van der Waals surface area contributed by atoms with Gasteiger partial charge in [-0.1, -0.05) is 48.0 Å². The van der Waals surface area contributed by atoms with Gasteiger partial charge in [0.2, 0.25) is 0 Å². The van der Waals surface area contributed by atoms with Gasteiger partial charge < -0.3 is 5.32 Å². The minimum atomic E-state index is -0.189. The van der Waals surface area contributed by atoms with Gasteiger partial charge >= 0.3 is 0 Å². The average Bonchev–Trinajstić information content (AvgIpc) is 3.21. The van der Waals surface area contributed by atoms with Crippen molar-refractivity contribution >= 4 is 74.7 Å². The van der Waals surface area contributed by atoms with Crippen molar-refractivity contribution in [1.29, 1.82) is 0 Å². The predicted molar refractivity (Wildman–Crippen MR) is 141 cm³/mol. The molecule has 0 aliphatic rings. The number of nitrogens with one attached hydrogen (secondary N) is 1. The Morgan fingerprint density at radius 3 is 2.79 bits per heavy atom. The van der Waals surface area contributed by atoms with E-state index >= 15 is 0 Å². The van der Waals surface area contributed by atoms with E-state index in [1.807, 2.05) is 93.8 Å². The zero-order chi connectivity index (χ0) is 22.8. The fourth-order valence-corrected chi connectivity index (χ4v) is 4.92. The van der Waals surface area contributed by atoms with Crippen molar-refractivity contribution in [2.45, 2.75) is 6.54 Å². The van der Waals surface area contributed by atoms with E-state index in [1.54, 1.807) is 12.4 Å². The van der Waals surface area contributed by atoms with E-state index in [9.17, 15) is 4.79 Å². The lowest BCUT2D eigenvalue weighted by molar-refractivity contribution is 0.0950. The third-order valence-electron chi connectivity index (χ3n) is 5.25. The van der Waals surface area contributed by atoms with E-state index in [2.05, 4.69) is 15.3 Å². The maximum atomic E-state index is 12.9. The van der Waals surface area contributed by atoms with E-state index in [0.717, 1.165) is 45.2 Å². The summed E-state index contributed by atoms with van der Waals surface area (Å²) in [6.07, 6.45) is 5.23. The first kappa shape index (κ1) is 22.1. The highest BCUT2D eigenvalue weighted by Gasteiger charge is 2.17. The Morgan fingerprint density at radius 1 is 1.12 bits per heavy atom. The van der Waals surface area contributed by atoms with Crippen LogP contribution in [0.3, 0.4) is 0 Å². The molecule has 0 unspecified atom stereocenters. The van der Waals surface area contributed by atoms with Gasteiger partial charge in [0.25, 0.3) is 5.91 Å². The minimum Gasteiger partial charge on any atom is -0.348 e. The summed E-state index contributed by atoms with van der Waals surface area (Å²) in [6.45, 7) is 0.442. The molecule has 0 bridgehead atoms. The summed E-state index contributed by atoms with van der Waals surface area (Å²) in [6, 6.07) is 19.4. The molecule has 0 spiro atoms. The molecule has 9 heteroatoms. The van der Waals surface area contributed by atoms with Gasteiger partial charge in [0.05, 0.1) is 16.1 Å². The van der Waals surface area contributed by atoms with Crippen LogP contribution in [0.4, 0.5) is 0 Å². The van der Waals surface area contributed by atoms with Crippen LogP contribution in [0, 0.1) is 0 Å². The van der Waals surface area contributed by atoms with Crippen molar-refractivity contribution in [1.82, 2.24) is 19.3 Å². The van der Waals surface area contributed by atoms with Crippen molar-refractivity contribution < 1.29 is 7.31 Å². The van der Waals surface area contributed by atoms with Crippen LogP contribution in [0.5, 0.6) is 0 Å². The molecule has 3 aromatic heterocycles. The van der Waals surface area contributed by atoms with Gasteiger partial charge in [-0.25, -0.2) is 7.50 Å². The standard InChI is InChI=1S/C24H16ClIN4O2S/c25-21-11-17(9-16-7-4-8-27-22(16)21)20-14-30(33-32-26)23-19(20)10-18(13-28-23)24(31)29-12-15-5-2-1-3-6-15/h1-11,13-14H,12H2,(H,29,31). The monoisotopic (exact) mass is 586 g/mol. The highest BCUT2D eigenvalue weighted by molar-refractivity contribution is 14.1. The Labute approximate surface area is 213 Å². The number of benzene rings is 2. The molecule has 5 aromatic rings. The number of amides is 1. The van der Waals surface area contributed by atoms with Gasteiger partial charge in [-0.15, -0.1) is 0 Å². The number of carbonyl (C=O) groups is 1. The molecule has 0 fully saturated rings. The molecular weight excluding hydrogens is 571 g/mol. The fraction of sp³-hybridized carbons (Fsp3) is 0.0417. The van der Waals surface area contributed by atoms with Crippen LogP contribution in [0.2, 0.25) is 5.02 Å². The molecule has 0 saturated heterocycles. The first-order chi connectivity index (χ1) is 16.1. The van der Waals surface area contributed by atoms with E-state index < -0.39 is 0 Å². The van der Waals surface area contributed by atoms with Crippen LogP contribution in [-0.2, 0) is 9.06 Å². The number of aromatic nitrogens is 3. The number of hydrogen-bond acceptors (Lipinski definition) is 5. The van der Waals surface area contributed by atoms with Crippen molar-refractivity contribution in [3.63, 3.8) is 0 Å². The third-order valence-corrected chi connectivity index (χ3v) is 6.51. The zero-order valence-electron chi connectivity index (χ0n) is 17.0. The van der Waals surface area contributed by atoms with Crippen molar-refractivity contribution in [2.75, 3.05) is 0 Å². The lowest BCUT2D eigenvalue weighted by Gasteiger charge is -2.07. The topological polar surface area (TPSA) is 69.0 Å². The van der Waals surface area contributed by atoms with Gasteiger partial charge in [0.15, 0.2) is 5.65 Å². The first-order valence-corrected chi connectivity index (χ1v) is 11.9. The molecule has 1 N–H and O–H groups in total. The number of hydrogen-bond donors (Lipinski definition) is 1. The average molecular weight is 587 g/mol. The molecular formula is C24H16ClIN4O2S. The van der Waals surface area contributed by atoms with Gasteiger partial charge in [-0.3, -0.25) is 13.8 Å². The second-order valence-electron chi connectivity index (χ2n) is 7.30. The predicted octanol–water partition coefficient (Wildman–Crippen LogP) is 6.61. The molecule has 0 saturated carbocycles. The molecule has 0 atom stereocenters. The summed E-state index contributed by atoms with van der Waals surface area (Å²) < 4.78 is 7.06. The summed E-state index contributed by atoms with van der Waals surface area (Å²) in [4.78, 5) is 21.8. The van der Waals surface area contributed by atoms with Crippen molar-refractivity contribution in [3.05, 3.63) is 95.4 Å². The molecule has 2 aromatic carbocycles. The SMILES string of the molecule is O=C(NCc1ccccc1)c1cnc2c(c1)c(-c1cc(Cl)c3ncccc3c1)cn2SOI. The van der Waals surface area contributed by atoms with E-state index in [-0.39, 0.29) is 5.91 Å². The number of fused-ring (bicyclic) bond motifs is 2. The second-order valence-corrected chi connectivity index (χ2v) is 9.46. The molecule has 0 radical (unpaired) electrons. The normalized spacial score (nSPS) is 11.2. The number of rotatable bonds is 6.